The minimum atomic E-state index is -0.406. The molecule has 6 heteroatoms. The highest BCUT2D eigenvalue weighted by Crippen LogP contribution is 2.18. The van der Waals surface area contributed by atoms with Crippen molar-refractivity contribution in [3.8, 4) is 5.75 Å². The summed E-state index contributed by atoms with van der Waals surface area (Å²) in [6, 6.07) is 5.33. The van der Waals surface area contributed by atoms with Gasteiger partial charge in [-0.15, -0.1) is 0 Å². The van der Waals surface area contributed by atoms with Gasteiger partial charge in [-0.05, 0) is 29.7 Å². The largest absolute Gasteiger partial charge is 0.497 e. The SMILES string of the molecule is CNC(=O)C(CCC=O)NCc1cc(OC)ccc1COC. The van der Waals surface area contributed by atoms with Gasteiger partial charge in [0.1, 0.15) is 12.0 Å². The van der Waals surface area contributed by atoms with Gasteiger partial charge in [0, 0.05) is 27.1 Å². The number of carbonyl (C=O) groups is 2. The van der Waals surface area contributed by atoms with Crippen molar-refractivity contribution in [1.29, 1.82) is 0 Å². The van der Waals surface area contributed by atoms with Gasteiger partial charge in [-0.1, -0.05) is 6.07 Å². The predicted molar refractivity (Wildman–Crippen MR) is 83.7 cm³/mol. The zero-order valence-corrected chi connectivity index (χ0v) is 13.3. The van der Waals surface area contributed by atoms with Crippen molar-refractivity contribution in [2.45, 2.75) is 32.0 Å². The first-order valence-corrected chi connectivity index (χ1v) is 7.19. The third-order valence-corrected chi connectivity index (χ3v) is 3.39. The number of amides is 1. The van der Waals surface area contributed by atoms with Gasteiger partial charge in [-0.3, -0.25) is 4.79 Å². The van der Waals surface area contributed by atoms with Crippen LogP contribution in [0.1, 0.15) is 24.0 Å². The first-order valence-electron chi connectivity index (χ1n) is 7.19. The fourth-order valence-electron chi connectivity index (χ4n) is 2.16. The number of methoxy groups -OCH3 is 2. The number of carbonyl (C=O) groups excluding carboxylic acids is 2. The summed E-state index contributed by atoms with van der Waals surface area (Å²) in [6.07, 6.45) is 1.63. The Kier molecular flexibility index (Phi) is 8.17. The Morgan fingerprint density at radius 1 is 1.32 bits per heavy atom. The van der Waals surface area contributed by atoms with Crippen molar-refractivity contribution in [2.75, 3.05) is 21.3 Å². The molecule has 0 saturated carbocycles. The summed E-state index contributed by atoms with van der Waals surface area (Å²) < 4.78 is 10.4. The van der Waals surface area contributed by atoms with E-state index in [0.717, 1.165) is 23.2 Å². The number of likely N-dealkylation sites (N-methyl/N-ethyl adjacent to an activating group) is 1. The topological polar surface area (TPSA) is 76.7 Å². The molecule has 0 radical (unpaired) electrons. The molecule has 1 unspecified atom stereocenters. The smallest absolute Gasteiger partial charge is 0.236 e. The van der Waals surface area contributed by atoms with E-state index in [-0.39, 0.29) is 5.91 Å². The number of hydrogen-bond donors (Lipinski definition) is 2. The highest BCUT2D eigenvalue weighted by molar-refractivity contribution is 5.81. The van der Waals surface area contributed by atoms with Crippen molar-refractivity contribution in [3.63, 3.8) is 0 Å². The molecule has 1 amide bonds. The van der Waals surface area contributed by atoms with Crippen molar-refractivity contribution in [2.24, 2.45) is 0 Å². The zero-order valence-electron chi connectivity index (χ0n) is 13.3. The van der Waals surface area contributed by atoms with Crippen LogP contribution in [0.25, 0.3) is 0 Å². The Labute approximate surface area is 131 Å². The summed E-state index contributed by atoms with van der Waals surface area (Å²) >= 11 is 0. The second-order valence-corrected chi connectivity index (χ2v) is 4.86. The highest BCUT2D eigenvalue weighted by Gasteiger charge is 2.16. The molecule has 1 aromatic rings. The third-order valence-electron chi connectivity index (χ3n) is 3.39. The van der Waals surface area contributed by atoms with Crippen LogP contribution in [0.4, 0.5) is 0 Å². The molecule has 0 fully saturated rings. The number of rotatable bonds is 10. The molecule has 0 heterocycles. The fraction of sp³-hybridized carbons (Fsp3) is 0.500. The van der Waals surface area contributed by atoms with Crippen LogP contribution < -0.4 is 15.4 Å². The summed E-state index contributed by atoms with van der Waals surface area (Å²) in [5, 5.41) is 5.80. The minimum absolute atomic E-state index is 0.127. The lowest BCUT2D eigenvalue weighted by molar-refractivity contribution is -0.122. The van der Waals surface area contributed by atoms with Crippen LogP contribution in [0.2, 0.25) is 0 Å². The number of aldehydes is 1. The van der Waals surface area contributed by atoms with E-state index in [9.17, 15) is 9.59 Å². The van der Waals surface area contributed by atoms with E-state index in [0.29, 0.717) is 26.0 Å². The van der Waals surface area contributed by atoms with Crippen LogP contribution in [0, 0.1) is 0 Å². The maximum absolute atomic E-state index is 11.8. The van der Waals surface area contributed by atoms with Gasteiger partial charge in [0.15, 0.2) is 0 Å². The molecule has 0 spiro atoms. The lowest BCUT2D eigenvalue weighted by atomic mass is 10.1. The van der Waals surface area contributed by atoms with Crippen LogP contribution in [0.15, 0.2) is 18.2 Å². The maximum Gasteiger partial charge on any atom is 0.236 e. The lowest BCUT2D eigenvalue weighted by Crippen LogP contribution is -2.42. The van der Waals surface area contributed by atoms with Crippen molar-refractivity contribution < 1.29 is 19.1 Å². The van der Waals surface area contributed by atoms with Crippen LogP contribution >= 0.6 is 0 Å². The summed E-state index contributed by atoms with van der Waals surface area (Å²) in [5.74, 6) is 0.624. The second kappa shape index (κ2) is 9.92. The van der Waals surface area contributed by atoms with E-state index in [1.165, 1.54) is 0 Å². The van der Waals surface area contributed by atoms with Crippen molar-refractivity contribution in [3.05, 3.63) is 29.3 Å². The Hall–Kier alpha value is -1.92. The van der Waals surface area contributed by atoms with Gasteiger partial charge in [0.05, 0.1) is 19.8 Å². The predicted octanol–water partition coefficient (Wildman–Crippen LogP) is 1.02. The molecule has 0 aliphatic heterocycles. The molecule has 2 N–H and O–H groups in total. The Bertz CT molecular complexity index is 491. The molecule has 1 aromatic carbocycles. The summed E-state index contributed by atoms with van der Waals surface area (Å²) in [5.41, 5.74) is 2.03. The normalized spacial score (nSPS) is 11.8. The van der Waals surface area contributed by atoms with E-state index < -0.39 is 6.04 Å². The molecule has 0 aromatic heterocycles. The van der Waals surface area contributed by atoms with Gasteiger partial charge in [0.25, 0.3) is 0 Å². The molecule has 1 atom stereocenters. The Morgan fingerprint density at radius 2 is 2.09 bits per heavy atom. The Morgan fingerprint density at radius 3 is 2.68 bits per heavy atom. The van der Waals surface area contributed by atoms with Crippen LogP contribution in [-0.2, 0) is 27.5 Å². The van der Waals surface area contributed by atoms with E-state index in [2.05, 4.69) is 10.6 Å². The minimum Gasteiger partial charge on any atom is -0.497 e. The molecule has 22 heavy (non-hydrogen) atoms. The highest BCUT2D eigenvalue weighted by atomic mass is 16.5. The van der Waals surface area contributed by atoms with E-state index in [1.54, 1.807) is 21.3 Å². The van der Waals surface area contributed by atoms with Gasteiger partial charge in [-0.2, -0.15) is 0 Å². The third kappa shape index (κ3) is 5.46. The van der Waals surface area contributed by atoms with E-state index in [1.807, 2.05) is 18.2 Å². The molecule has 1 rings (SSSR count). The molecule has 0 aliphatic rings. The molecule has 0 saturated heterocycles. The van der Waals surface area contributed by atoms with E-state index >= 15 is 0 Å². The van der Waals surface area contributed by atoms with Gasteiger partial charge < -0.3 is 24.9 Å². The average molecular weight is 308 g/mol. The quantitative estimate of drug-likeness (QED) is 0.631. The van der Waals surface area contributed by atoms with Gasteiger partial charge in [0.2, 0.25) is 5.91 Å². The van der Waals surface area contributed by atoms with Crippen molar-refractivity contribution in [1.82, 2.24) is 10.6 Å². The molecule has 0 bridgehead atoms. The summed E-state index contributed by atoms with van der Waals surface area (Å²) in [4.78, 5) is 22.4. The zero-order chi connectivity index (χ0) is 16.4. The standard InChI is InChI=1S/C16H24N2O4/c1-17-16(20)15(5-4-8-19)18-10-13-9-14(22-3)7-6-12(13)11-21-2/h6-9,15,18H,4-5,10-11H2,1-3H3,(H,17,20). The average Bonchev–Trinajstić information content (AvgIpc) is 2.55. The van der Waals surface area contributed by atoms with Crippen molar-refractivity contribution >= 4 is 12.2 Å². The van der Waals surface area contributed by atoms with Gasteiger partial charge >= 0.3 is 0 Å². The molecular formula is C16H24N2O4. The molecule has 6 nitrogen and oxygen atoms in total. The molecular weight excluding hydrogens is 284 g/mol. The van der Waals surface area contributed by atoms with Gasteiger partial charge in [-0.25, -0.2) is 0 Å². The van der Waals surface area contributed by atoms with Crippen LogP contribution in [0.5, 0.6) is 5.75 Å². The monoisotopic (exact) mass is 308 g/mol. The van der Waals surface area contributed by atoms with E-state index in [4.69, 9.17) is 9.47 Å². The lowest BCUT2D eigenvalue weighted by Gasteiger charge is -2.18. The Balaban J connectivity index is 2.81. The number of nitrogens with one attached hydrogen (secondary N) is 2. The van der Waals surface area contributed by atoms with Crippen LogP contribution in [0.3, 0.4) is 0 Å². The molecule has 122 valence electrons. The molecule has 0 aliphatic carbocycles. The van der Waals surface area contributed by atoms with Crippen LogP contribution in [-0.4, -0.2) is 39.5 Å². The summed E-state index contributed by atoms with van der Waals surface area (Å²) in [7, 11) is 4.83. The fourth-order valence-corrected chi connectivity index (χ4v) is 2.16. The maximum atomic E-state index is 11.8. The number of benzene rings is 1. The second-order valence-electron chi connectivity index (χ2n) is 4.86. The first kappa shape index (κ1) is 18.1. The summed E-state index contributed by atoms with van der Waals surface area (Å²) in [6.45, 7) is 0.979. The first-order chi connectivity index (χ1) is 10.7. The number of ether oxygens (including phenoxy) is 2. The number of hydrogen-bond acceptors (Lipinski definition) is 5.